The van der Waals surface area contributed by atoms with E-state index in [1.54, 1.807) is 19.2 Å². The number of hydrogen-bond donors (Lipinski definition) is 0. The van der Waals surface area contributed by atoms with Crippen molar-refractivity contribution in [1.82, 2.24) is 4.90 Å². The topological polar surface area (TPSA) is 48.0 Å². The molecule has 1 unspecified atom stereocenters. The predicted molar refractivity (Wildman–Crippen MR) is 122 cm³/mol. The minimum absolute atomic E-state index is 0.0749. The maximum absolute atomic E-state index is 12.2. The van der Waals surface area contributed by atoms with Crippen LogP contribution in [0, 0.1) is 5.92 Å². The lowest BCUT2D eigenvalue weighted by Crippen LogP contribution is -2.41. The zero-order valence-electron chi connectivity index (χ0n) is 17.7. The van der Waals surface area contributed by atoms with Crippen molar-refractivity contribution in [2.75, 3.05) is 27.3 Å². The summed E-state index contributed by atoms with van der Waals surface area (Å²) in [4.78, 5) is 15.1. The van der Waals surface area contributed by atoms with Crippen LogP contribution < -0.4 is 9.47 Å². The summed E-state index contributed by atoms with van der Waals surface area (Å²) in [5.41, 5.74) is 2.52. The molecule has 1 aromatic heterocycles. The second-order valence-electron chi connectivity index (χ2n) is 8.65. The number of nitrogens with zero attached hydrogens (tertiary/aromatic N) is 1. The van der Waals surface area contributed by atoms with Crippen molar-refractivity contribution in [3.63, 3.8) is 0 Å². The first-order chi connectivity index (χ1) is 15.0. The molecule has 31 heavy (non-hydrogen) atoms. The van der Waals surface area contributed by atoms with Crippen LogP contribution in [0.3, 0.4) is 0 Å². The van der Waals surface area contributed by atoms with Crippen LogP contribution in [0.4, 0.5) is 0 Å². The van der Waals surface area contributed by atoms with Crippen LogP contribution in [0.25, 0.3) is 0 Å². The molecule has 7 heteroatoms. The number of rotatable bonds is 5. The average molecular weight is 460 g/mol. The summed E-state index contributed by atoms with van der Waals surface area (Å²) in [5, 5.41) is 0. The highest BCUT2D eigenvalue weighted by Crippen LogP contribution is 2.56. The van der Waals surface area contributed by atoms with Crippen molar-refractivity contribution in [3.05, 3.63) is 56.8 Å². The van der Waals surface area contributed by atoms with Gasteiger partial charge in [-0.15, -0.1) is 11.3 Å². The first-order valence-corrected chi connectivity index (χ1v) is 11.9. The second kappa shape index (κ2) is 8.15. The Kier molecular flexibility index (Phi) is 5.49. The summed E-state index contributed by atoms with van der Waals surface area (Å²) >= 11 is 7.16. The molecule has 3 aliphatic rings. The first kappa shape index (κ1) is 20.9. The first-order valence-electron chi connectivity index (χ1n) is 10.7. The SMILES string of the molecule is COc1ccc2c3c1OC1C[C@@H](CCOC(=O)c4ccc(Cl)s4)C=C[C@@]31CCN(C)C2. The summed E-state index contributed by atoms with van der Waals surface area (Å²) < 4.78 is 18.3. The van der Waals surface area contributed by atoms with Crippen LogP contribution in [0.2, 0.25) is 4.34 Å². The number of esters is 1. The largest absolute Gasteiger partial charge is 0.493 e. The number of methoxy groups -OCH3 is 1. The number of ether oxygens (including phenoxy) is 3. The molecule has 3 heterocycles. The van der Waals surface area contributed by atoms with Gasteiger partial charge in [0.1, 0.15) is 11.0 Å². The van der Waals surface area contributed by atoms with Crippen molar-refractivity contribution < 1.29 is 19.0 Å². The fourth-order valence-electron chi connectivity index (χ4n) is 5.17. The van der Waals surface area contributed by atoms with Gasteiger partial charge >= 0.3 is 5.97 Å². The Balaban J connectivity index is 1.33. The number of benzene rings is 1. The minimum atomic E-state index is -0.307. The van der Waals surface area contributed by atoms with Crippen molar-refractivity contribution >= 4 is 28.9 Å². The lowest BCUT2D eigenvalue weighted by molar-refractivity contribution is 0.0477. The molecule has 0 N–H and O–H groups in total. The predicted octanol–water partition coefficient (Wildman–Crippen LogP) is 5.07. The van der Waals surface area contributed by atoms with Gasteiger partial charge in [-0.05, 0) is 62.5 Å². The number of hydrogen-bond acceptors (Lipinski definition) is 6. The third kappa shape index (κ3) is 3.65. The Morgan fingerprint density at radius 3 is 3.00 bits per heavy atom. The molecule has 1 aromatic carbocycles. The Morgan fingerprint density at radius 1 is 1.35 bits per heavy atom. The molecule has 5 rings (SSSR count). The Morgan fingerprint density at radius 2 is 2.23 bits per heavy atom. The quantitative estimate of drug-likeness (QED) is 0.461. The highest BCUT2D eigenvalue weighted by molar-refractivity contribution is 7.17. The van der Waals surface area contributed by atoms with E-state index in [1.165, 1.54) is 22.5 Å². The summed E-state index contributed by atoms with van der Waals surface area (Å²) in [6.07, 6.45) is 7.45. The third-order valence-corrected chi connectivity index (χ3v) is 7.97. The third-order valence-electron chi connectivity index (χ3n) is 6.75. The van der Waals surface area contributed by atoms with Gasteiger partial charge in [0.25, 0.3) is 0 Å². The van der Waals surface area contributed by atoms with E-state index in [4.69, 9.17) is 25.8 Å². The van der Waals surface area contributed by atoms with Gasteiger partial charge in [-0.3, -0.25) is 0 Å². The summed E-state index contributed by atoms with van der Waals surface area (Å²) in [6, 6.07) is 7.63. The second-order valence-corrected chi connectivity index (χ2v) is 10.4. The molecule has 0 radical (unpaired) electrons. The van der Waals surface area contributed by atoms with E-state index in [9.17, 15) is 4.79 Å². The van der Waals surface area contributed by atoms with E-state index in [2.05, 4.69) is 30.2 Å². The van der Waals surface area contributed by atoms with Crippen LogP contribution in [0.1, 0.15) is 40.1 Å². The smallest absolute Gasteiger partial charge is 0.348 e. The molecule has 164 valence electrons. The van der Waals surface area contributed by atoms with Gasteiger partial charge in [-0.1, -0.05) is 29.8 Å². The van der Waals surface area contributed by atoms with Crippen molar-refractivity contribution in [2.45, 2.75) is 37.3 Å². The standard InChI is InChI=1S/C24H26ClNO4S/c1-26-11-10-24-9-7-15(8-12-29-23(27)18-5-6-20(25)31-18)13-19(24)30-22-17(28-2)4-3-16(14-26)21(22)24/h3-7,9,15,19H,8,10-14H2,1-2H3/t15-,19?,24+/m1/s1. The zero-order valence-corrected chi connectivity index (χ0v) is 19.3. The van der Waals surface area contributed by atoms with E-state index in [0.717, 1.165) is 43.9 Å². The molecule has 2 aliphatic heterocycles. The summed E-state index contributed by atoms with van der Waals surface area (Å²) in [7, 11) is 3.88. The molecule has 0 saturated heterocycles. The maximum atomic E-state index is 12.2. The van der Waals surface area contributed by atoms with E-state index < -0.39 is 0 Å². The van der Waals surface area contributed by atoms with Gasteiger partial charge in [-0.25, -0.2) is 4.79 Å². The van der Waals surface area contributed by atoms with Gasteiger partial charge in [-0.2, -0.15) is 0 Å². The molecule has 2 aromatic rings. The monoisotopic (exact) mass is 459 g/mol. The summed E-state index contributed by atoms with van der Waals surface area (Å²) in [6.45, 7) is 2.32. The fraction of sp³-hybridized carbons (Fsp3) is 0.458. The molecular formula is C24H26ClNO4S. The lowest BCUT2D eigenvalue weighted by Gasteiger charge is -2.37. The Bertz CT molecular complexity index is 1030. The molecule has 5 nitrogen and oxygen atoms in total. The molecule has 0 saturated carbocycles. The molecule has 0 fully saturated rings. The average Bonchev–Trinajstić information content (AvgIpc) is 3.30. The highest BCUT2D eigenvalue weighted by atomic mass is 35.5. The van der Waals surface area contributed by atoms with Crippen LogP contribution in [-0.2, 0) is 16.7 Å². The van der Waals surface area contributed by atoms with Gasteiger partial charge in [0.2, 0.25) is 0 Å². The van der Waals surface area contributed by atoms with E-state index in [1.807, 2.05) is 6.07 Å². The van der Waals surface area contributed by atoms with Crippen molar-refractivity contribution in [1.29, 1.82) is 0 Å². The van der Waals surface area contributed by atoms with Gasteiger partial charge < -0.3 is 19.1 Å². The normalized spacial score (nSPS) is 26.5. The number of thiophene rings is 1. The van der Waals surface area contributed by atoms with E-state index in [0.29, 0.717) is 21.7 Å². The van der Waals surface area contributed by atoms with Gasteiger partial charge in [0, 0.05) is 12.1 Å². The number of halogens is 1. The van der Waals surface area contributed by atoms with Gasteiger partial charge in [0.15, 0.2) is 11.5 Å². The molecule has 3 atom stereocenters. The number of allylic oxidation sites excluding steroid dienone is 1. The van der Waals surface area contributed by atoms with E-state index in [-0.39, 0.29) is 17.5 Å². The zero-order chi connectivity index (χ0) is 21.6. The van der Waals surface area contributed by atoms with Crippen LogP contribution in [0.5, 0.6) is 11.5 Å². The fourth-order valence-corrected chi connectivity index (χ4v) is 6.11. The summed E-state index contributed by atoms with van der Waals surface area (Å²) in [5.74, 6) is 1.72. The maximum Gasteiger partial charge on any atom is 0.348 e. The Labute approximate surface area is 191 Å². The molecule has 0 bridgehead atoms. The van der Waals surface area contributed by atoms with E-state index >= 15 is 0 Å². The lowest BCUT2D eigenvalue weighted by atomic mass is 9.67. The Hall–Kier alpha value is -2.02. The highest BCUT2D eigenvalue weighted by Gasteiger charge is 2.52. The number of carbonyl (C=O) groups excluding carboxylic acids is 1. The molecule has 1 aliphatic carbocycles. The van der Waals surface area contributed by atoms with Crippen LogP contribution >= 0.6 is 22.9 Å². The van der Waals surface area contributed by atoms with Crippen molar-refractivity contribution in [2.24, 2.45) is 5.92 Å². The molecule has 0 amide bonds. The molecular weight excluding hydrogens is 434 g/mol. The minimum Gasteiger partial charge on any atom is -0.493 e. The molecule has 1 spiro atoms. The van der Waals surface area contributed by atoms with Gasteiger partial charge in [0.05, 0.1) is 23.5 Å². The van der Waals surface area contributed by atoms with Crippen molar-refractivity contribution in [3.8, 4) is 11.5 Å². The van der Waals surface area contributed by atoms with Crippen LogP contribution in [-0.4, -0.2) is 44.3 Å². The van der Waals surface area contributed by atoms with Crippen LogP contribution in [0.15, 0.2) is 36.4 Å². The number of carbonyl (C=O) groups is 1.